The average Bonchev–Trinajstić information content (AvgIpc) is 3.30. The summed E-state index contributed by atoms with van der Waals surface area (Å²) in [5.41, 5.74) is 5.16. The number of carbonyl (C=O) groups is 1. The molecule has 4 aromatic rings. The van der Waals surface area contributed by atoms with Gasteiger partial charge in [-0.1, -0.05) is 36.5 Å². The number of piperidine rings is 1. The van der Waals surface area contributed by atoms with Gasteiger partial charge in [0.15, 0.2) is 0 Å². The molecule has 0 saturated carbocycles. The summed E-state index contributed by atoms with van der Waals surface area (Å²) in [5, 5.41) is 12.1. The van der Waals surface area contributed by atoms with Crippen molar-refractivity contribution in [2.24, 2.45) is 0 Å². The molecule has 0 aliphatic carbocycles. The van der Waals surface area contributed by atoms with Crippen molar-refractivity contribution in [1.29, 1.82) is 0 Å². The first kappa shape index (κ1) is 23.9. The number of fused-ring (bicyclic) bond motifs is 1. The Bertz CT molecular complexity index is 1410. The number of hydrogen-bond donors (Lipinski definition) is 2. The molecular formula is C27H23F2N3O3S. The van der Waals surface area contributed by atoms with E-state index in [1.807, 2.05) is 59.5 Å². The smallest absolute Gasteiger partial charge is 0.405 e. The molecule has 0 bridgehead atoms. The zero-order chi connectivity index (χ0) is 25.3. The van der Waals surface area contributed by atoms with Crippen LogP contribution >= 0.6 is 12.2 Å². The Labute approximate surface area is 211 Å². The average molecular weight is 508 g/mol. The van der Waals surface area contributed by atoms with Crippen LogP contribution in [0.2, 0.25) is 0 Å². The lowest BCUT2D eigenvalue weighted by atomic mass is 9.96. The highest BCUT2D eigenvalue weighted by Crippen LogP contribution is 2.36. The Morgan fingerprint density at radius 1 is 1.03 bits per heavy atom. The molecule has 2 aromatic carbocycles. The van der Waals surface area contributed by atoms with E-state index in [-0.39, 0.29) is 32.5 Å². The Hall–Kier alpha value is -3.85. The van der Waals surface area contributed by atoms with Gasteiger partial charge in [-0.05, 0) is 47.0 Å². The van der Waals surface area contributed by atoms with Gasteiger partial charge in [0.2, 0.25) is 0 Å². The third-order valence-corrected chi connectivity index (χ3v) is 6.81. The standard InChI is InChI=1S/C27H23F2N3O3S/c28-27(29)7-11-32(12-8-27)25(36)19-3-1-17(2-4-19)20-13-21-14-22(16-31-26(33)34)35-24(21)23(15-20)18-5-9-30-10-6-18/h1-6,9-10,13-15,31H,7-8,11-12,16H2,(H,33,34). The SMILES string of the molecule is O=C(O)NCc1cc2cc(-c3ccc(C(=S)N4CCC(F)(F)CC4)cc3)cc(-c3ccncc3)c2o1. The molecule has 184 valence electrons. The summed E-state index contributed by atoms with van der Waals surface area (Å²) in [7, 11) is 0. The first-order valence-electron chi connectivity index (χ1n) is 11.5. The van der Waals surface area contributed by atoms with Gasteiger partial charge in [-0.25, -0.2) is 13.6 Å². The molecule has 36 heavy (non-hydrogen) atoms. The maximum Gasteiger partial charge on any atom is 0.405 e. The number of pyridine rings is 1. The monoisotopic (exact) mass is 507 g/mol. The van der Waals surface area contributed by atoms with Crippen LogP contribution in [0, 0.1) is 0 Å². The predicted molar refractivity (Wildman–Crippen MR) is 137 cm³/mol. The Morgan fingerprint density at radius 3 is 2.39 bits per heavy atom. The van der Waals surface area contributed by atoms with E-state index < -0.39 is 12.0 Å². The minimum Gasteiger partial charge on any atom is -0.465 e. The van der Waals surface area contributed by atoms with E-state index in [1.165, 1.54) is 0 Å². The molecule has 1 aliphatic rings. The zero-order valence-corrected chi connectivity index (χ0v) is 20.0. The minimum atomic E-state index is -2.61. The van der Waals surface area contributed by atoms with Gasteiger partial charge in [-0.3, -0.25) is 4.98 Å². The molecule has 0 radical (unpaired) electrons. The molecule has 2 aromatic heterocycles. The van der Waals surface area contributed by atoms with Gasteiger partial charge in [0.25, 0.3) is 5.92 Å². The fourth-order valence-electron chi connectivity index (χ4n) is 4.39. The predicted octanol–water partition coefficient (Wildman–Crippen LogP) is 6.34. The number of nitrogens with zero attached hydrogens (tertiary/aromatic N) is 2. The third-order valence-electron chi connectivity index (χ3n) is 6.32. The van der Waals surface area contributed by atoms with E-state index in [2.05, 4.69) is 10.3 Å². The van der Waals surface area contributed by atoms with E-state index in [1.54, 1.807) is 12.4 Å². The van der Waals surface area contributed by atoms with Gasteiger partial charge in [-0.15, -0.1) is 0 Å². The van der Waals surface area contributed by atoms with Crippen molar-refractivity contribution in [2.75, 3.05) is 13.1 Å². The number of rotatable bonds is 5. The van der Waals surface area contributed by atoms with Crippen LogP contribution in [0.25, 0.3) is 33.2 Å². The number of alkyl halides is 2. The van der Waals surface area contributed by atoms with Crippen LogP contribution in [0.1, 0.15) is 24.2 Å². The van der Waals surface area contributed by atoms with Crippen molar-refractivity contribution in [3.05, 3.63) is 78.3 Å². The molecule has 0 spiro atoms. The van der Waals surface area contributed by atoms with E-state index in [0.717, 1.165) is 33.2 Å². The highest BCUT2D eigenvalue weighted by atomic mass is 32.1. The number of carboxylic acid groups (broad SMARTS) is 1. The largest absolute Gasteiger partial charge is 0.465 e. The van der Waals surface area contributed by atoms with Gasteiger partial charge < -0.3 is 19.7 Å². The number of thiocarbonyl (C=S) groups is 1. The van der Waals surface area contributed by atoms with Crippen LogP contribution in [0.15, 0.2) is 71.4 Å². The second-order valence-corrected chi connectivity index (χ2v) is 9.16. The van der Waals surface area contributed by atoms with Gasteiger partial charge in [0.05, 0.1) is 6.54 Å². The second-order valence-electron chi connectivity index (χ2n) is 8.77. The molecule has 0 unspecified atom stereocenters. The molecule has 0 atom stereocenters. The van der Waals surface area contributed by atoms with Crippen LogP contribution in [-0.4, -0.2) is 45.1 Å². The Morgan fingerprint density at radius 2 is 1.72 bits per heavy atom. The normalized spacial score (nSPS) is 15.1. The number of likely N-dealkylation sites (tertiary alicyclic amines) is 1. The maximum atomic E-state index is 13.5. The number of nitrogens with one attached hydrogen (secondary N) is 1. The van der Waals surface area contributed by atoms with E-state index in [9.17, 15) is 13.6 Å². The number of hydrogen-bond acceptors (Lipinski definition) is 4. The summed E-state index contributed by atoms with van der Waals surface area (Å²) in [5.74, 6) is -2.11. The Kier molecular flexibility index (Phi) is 6.40. The summed E-state index contributed by atoms with van der Waals surface area (Å²) in [4.78, 5) is 17.4. The van der Waals surface area contributed by atoms with Crippen molar-refractivity contribution in [3.63, 3.8) is 0 Å². The van der Waals surface area contributed by atoms with Crippen molar-refractivity contribution in [1.82, 2.24) is 15.2 Å². The summed E-state index contributed by atoms with van der Waals surface area (Å²) >= 11 is 5.58. The van der Waals surface area contributed by atoms with Crippen molar-refractivity contribution < 1.29 is 23.1 Å². The molecule has 1 saturated heterocycles. The molecule has 5 rings (SSSR count). The fourth-order valence-corrected chi connectivity index (χ4v) is 4.71. The second kappa shape index (κ2) is 9.66. The van der Waals surface area contributed by atoms with Gasteiger partial charge >= 0.3 is 6.09 Å². The first-order valence-corrected chi connectivity index (χ1v) is 11.9. The summed E-state index contributed by atoms with van der Waals surface area (Å²) in [6.45, 7) is 0.557. The number of halogens is 2. The minimum absolute atomic E-state index is 0.0592. The van der Waals surface area contributed by atoms with Crippen LogP contribution in [0.5, 0.6) is 0 Å². The van der Waals surface area contributed by atoms with Crippen molar-refractivity contribution >= 4 is 34.3 Å². The number of aromatic nitrogens is 1. The molecule has 9 heteroatoms. The third kappa shape index (κ3) is 5.06. The molecule has 6 nitrogen and oxygen atoms in total. The summed E-state index contributed by atoms with van der Waals surface area (Å²) < 4.78 is 33.0. The lowest BCUT2D eigenvalue weighted by Crippen LogP contribution is -2.42. The number of furan rings is 1. The van der Waals surface area contributed by atoms with Gasteiger partial charge in [-0.2, -0.15) is 0 Å². The van der Waals surface area contributed by atoms with Crippen LogP contribution in [-0.2, 0) is 6.54 Å². The zero-order valence-electron chi connectivity index (χ0n) is 19.2. The number of benzene rings is 2. The molecule has 1 amide bonds. The van der Waals surface area contributed by atoms with Crippen LogP contribution in [0.3, 0.4) is 0 Å². The Balaban J connectivity index is 1.47. The highest BCUT2D eigenvalue weighted by Gasteiger charge is 2.34. The molecular weight excluding hydrogens is 484 g/mol. The molecule has 2 N–H and O–H groups in total. The van der Waals surface area contributed by atoms with Crippen molar-refractivity contribution in [3.8, 4) is 22.3 Å². The first-order chi connectivity index (χ1) is 17.3. The molecule has 1 aliphatic heterocycles. The quantitative estimate of drug-likeness (QED) is 0.307. The van der Waals surface area contributed by atoms with E-state index in [0.29, 0.717) is 16.3 Å². The maximum absolute atomic E-state index is 13.5. The van der Waals surface area contributed by atoms with Gasteiger partial charge in [0, 0.05) is 54.8 Å². The fraction of sp³-hybridized carbons (Fsp3) is 0.222. The molecule has 3 heterocycles. The van der Waals surface area contributed by atoms with E-state index in [4.69, 9.17) is 21.7 Å². The van der Waals surface area contributed by atoms with E-state index >= 15 is 0 Å². The summed E-state index contributed by atoms with van der Waals surface area (Å²) in [6, 6.07) is 17.4. The molecule has 1 fully saturated rings. The lowest BCUT2D eigenvalue weighted by Gasteiger charge is -2.33. The van der Waals surface area contributed by atoms with Gasteiger partial charge in [0.1, 0.15) is 16.3 Å². The highest BCUT2D eigenvalue weighted by molar-refractivity contribution is 7.80. The van der Waals surface area contributed by atoms with Crippen LogP contribution < -0.4 is 5.32 Å². The van der Waals surface area contributed by atoms with Crippen molar-refractivity contribution in [2.45, 2.75) is 25.3 Å². The lowest BCUT2D eigenvalue weighted by molar-refractivity contribution is -0.0430. The van der Waals surface area contributed by atoms with Crippen LogP contribution in [0.4, 0.5) is 13.6 Å². The summed E-state index contributed by atoms with van der Waals surface area (Å²) in [6.07, 6.45) is 1.92. The number of amides is 1. The topological polar surface area (TPSA) is 78.6 Å².